The molecule has 0 saturated heterocycles. The first-order valence-corrected chi connectivity index (χ1v) is 6.13. The van der Waals surface area contributed by atoms with Crippen LogP contribution >= 0.6 is 0 Å². The molecule has 0 spiro atoms. The number of nitrogens with zero attached hydrogens (tertiary/aromatic N) is 2. The van der Waals surface area contributed by atoms with Crippen molar-refractivity contribution < 1.29 is 8.42 Å². The lowest BCUT2D eigenvalue weighted by Crippen LogP contribution is -2.11. The van der Waals surface area contributed by atoms with Crippen LogP contribution in [-0.2, 0) is 16.4 Å². The van der Waals surface area contributed by atoms with E-state index in [1.54, 1.807) is 4.68 Å². The van der Waals surface area contributed by atoms with Crippen LogP contribution in [0.4, 0.5) is 0 Å². The topological polar surface area (TPSA) is 52.0 Å². The van der Waals surface area contributed by atoms with Gasteiger partial charge in [-0.15, -0.1) is 0 Å². The molecule has 0 atom stereocenters. The van der Waals surface area contributed by atoms with Crippen molar-refractivity contribution in [2.24, 2.45) is 0 Å². The summed E-state index contributed by atoms with van der Waals surface area (Å²) in [5.41, 5.74) is 2.04. The van der Waals surface area contributed by atoms with Crippen molar-refractivity contribution in [3.8, 4) is 0 Å². The van der Waals surface area contributed by atoms with Crippen molar-refractivity contribution in [1.82, 2.24) is 9.78 Å². The third-order valence-corrected chi connectivity index (χ3v) is 2.81. The fourth-order valence-electron chi connectivity index (χ4n) is 0.991. The van der Waals surface area contributed by atoms with Crippen LogP contribution in [0.5, 0.6) is 0 Å². The molecule has 0 amide bonds. The Hall–Kier alpha value is -0.840. The van der Waals surface area contributed by atoms with E-state index in [9.17, 15) is 8.42 Å². The minimum absolute atomic E-state index is 0.146. The van der Waals surface area contributed by atoms with Crippen LogP contribution in [0.2, 0.25) is 0 Å². The average molecular weight is 202 g/mol. The van der Waals surface area contributed by atoms with Gasteiger partial charge in [-0.3, -0.25) is 4.68 Å². The van der Waals surface area contributed by atoms with Gasteiger partial charge in [-0.25, -0.2) is 8.42 Å². The van der Waals surface area contributed by atoms with Crippen LogP contribution in [0.15, 0.2) is 6.20 Å². The number of hydrogen-bond acceptors (Lipinski definition) is 3. The van der Waals surface area contributed by atoms with Crippen LogP contribution in [0.3, 0.4) is 0 Å². The van der Waals surface area contributed by atoms with E-state index in [4.69, 9.17) is 0 Å². The van der Waals surface area contributed by atoms with Gasteiger partial charge in [0.25, 0.3) is 0 Å². The van der Waals surface area contributed by atoms with Gasteiger partial charge in [-0.2, -0.15) is 5.10 Å². The first-order chi connectivity index (χ1) is 5.88. The van der Waals surface area contributed by atoms with E-state index in [0.717, 1.165) is 11.3 Å². The Kier molecular flexibility index (Phi) is 2.75. The Morgan fingerprint density at radius 3 is 2.46 bits per heavy atom. The first-order valence-electron chi connectivity index (χ1n) is 4.07. The highest BCUT2D eigenvalue weighted by Crippen LogP contribution is 2.02. The molecule has 0 aliphatic carbocycles. The SMILES string of the molecule is Cc1cn(CCS(C)(=O)=O)nc1C. The largest absolute Gasteiger partial charge is 0.271 e. The lowest BCUT2D eigenvalue weighted by Gasteiger charge is -1.98. The molecule has 0 N–H and O–H groups in total. The summed E-state index contributed by atoms with van der Waals surface area (Å²) in [5.74, 6) is 0.146. The van der Waals surface area contributed by atoms with E-state index >= 15 is 0 Å². The van der Waals surface area contributed by atoms with Crippen molar-refractivity contribution in [1.29, 1.82) is 0 Å². The molecule has 1 rings (SSSR count). The van der Waals surface area contributed by atoms with Crippen molar-refractivity contribution in [3.63, 3.8) is 0 Å². The highest BCUT2D eigenvalue weighted by molar-refractivity contribution is 7.90. The van der Waals surface area contributed by atoms with E-state index in [-0.39, 0.29) is 5.75 Å². The molecule has 0 bridgehead atoms. The Bertz CT molecular complexity index is 373. The van der Waals surface area contributed by atoms with Gasteiger partial charge >= 0.3 is 0 Å². The standard InChI is InChI=1S/C8H14N2O2S/c1-7-6-10(9-8(7)2)4-5-13(3,11)12/h6H,4-5H2,1-3H3. The maximum atomic E-state index is 10.9. The van der Waals surface area contributed by atoms with Gasteiger partial charge in [-0.05, 0) is 19.4 Å². The van der Waals surface area contributed by atoms with Crippen LogP contribution in [0, 0.1) is 13.8 Å². The summed E-state index contributed by atoms with van der Waals surface area (Å²) in [6.45, 7) is 4.30. The molecule has 0 aromatic carbocycles. The zero-order valence-electron chi connectivity index (χ0n) is 8.11. The second kappa shape index (κ2) is 3.49. The van der Waals surface area contributed by atoms with Crippen molar-refractivity contribution in [2.75, 3.05) is 12.0 Å². The van der Waals surface area contributed by atoms with Crippen LogP contribution in [0.1, 0.15) is 11.3 Å². The summed E-state index contributed by atoms with van der Waals surface area (Å²) < 4.78 is 23.4. The fourth-order valence-corrected chi connectivity index (χ4v) is 1.51. The normalized spacial score (nSPS) is 11.9. The van der Waals surface area contributed by atoms with Gasteiger partial charge in [0, 0.05) is 12.5 Å². The maximum absolute atomic E-state index is 10.9. The molecule has 5 heteroatoms. The highest BCUT2D eigenvalue weighted by Gasteiger charge is 2.04. The Morgan fingerprint density at radius 2 is 2.08 bits per heavy atom. The molecule has 0 fully saturated rings. The second-order valence-electron chi connectivity index (χ2n) is 3.29. The number of aryl methyl sites for hydroxylation is 3. The van der Waals surface area contributed by atoms with Crippen molar-refractivity contribution >= 4 is 9.84 Å². The summed E-state index contributed by atoms with van der Waals surface area (Å²) in [4.78, 5) is 0. The lowest BCUT2D eigenvalue weighted by atomic mass is 10.3. The average Bonchev–Trinajstić information content (AvgIpc) is 2.27. The molecule has 1 heterocycles. The molecule has 0 saturated carbocycles. The molecule has 1 aromatic rings. The van der Waals surface area contributed by atoms with Gasteiger partial charge < -0.3 is 0 Å². The summed E-state index contributed by atoms with van der Waals surface area (Å²) >= 11 is 0. The van der Waals surface area contributed by atoms with Gasteiger partial charge in [0.15, 0.2) is 0 Å². The van der Waals surface area contributed by atoms with Gasteiger partial charge in [0.2, 0.25) is 0 Å². The lowest BCUT2D eigenvalue weighted by molar-refractivity contribution is 0.585. The Morgan fingerprint density at radius 1 is 1.46 bits per heavy atom. The minimum atomic E-state index is -2.89. The van der Waals surface area contributed by atoms with Gasteiger partial charge in [0.1, 0.15) is 9.84 Å². The Balaban J connectivity index is 2.66. The number of hydrogen-bond donors (Lipinski definition) is 0. The quantitative estimate of drug-likeness (QED) is 0.719. The molecule has 74 valence electrons. The predicted octanol–water partition coefficient (Wildman–Crippen LogP) is 0.545. The zero-order chi connectivity index (χ0) is 10.1. The van der Waals surface area contributed by atoms with E-state index in [1.807, 2.05) is 20.0 Å². The smallest absolute Gasteiger partial charge is 0.149 e. The van der Waals surface area contributed by atoms with E-state index in [0.29, 0.717) is 6.54 Å². The summed E-state index contributed by atoms with van der Waals surface area (Å²) in [7, 11) is -2.89. The highest BCUT2D eigenvalue weighted by atomic mass is 32.2. The molecule has 0 aliphatic heterocycles. The van der Waals surface area contributed by atoms with E-state index in [2.05, 4.69) is 5.10 Å². The number of sulfone groups is 1. The van der Waals surface area contributed by atoms with Gasteiger partial charge in [0.05, 0.1) is 18.0 Å². The molecular formula is C8H14N2O2S. The number of rotatable bonds is 3. The zero-order valence-corrected chi connectivity index (χ0v) is 8.93. The maximum Gasteiger partial charge on any atom is 0.149 e. The first kappa shape index (κ1) is 10.2. The fraction of sp³-hybridized carbons (Fsp3) is 0.625. The van der Waals surface area contributed by atoms with Crippen molar-refractivity contribution in [3.05, 3.63) is 17.5 Å². The monoisotopic (exact) mass is 202 g/mol. The Labute approximate surface area is 78.5 Å². The minimum Gasteiger partial charge on any atom is -0.271 e. The molecule has 13 heavy (non-hydrogen) atoms. The molecular weight excluding hydrogens is 188 g/mol. The molecule has 0 radical (unpaired) electrons. The summed E-state index contributed by atoms with van der Waals surface area (Å²) in [5, 5.41) is 4.17. The van der Waals surface area contributed by atoms with E-state index < -0.39 is 9.84 Å². The number of aromatic nitrogens is 2. The molecule has 1 aromatic heterocycles. The van der Waals surface area contributed by atoms with Crippen LogP contribution in [0.25, 0.3) is 0 Å². The predicted molar refractivity (Wildman–Crippen MR) is 51.4 cm³/mol. The second-order valence-corrected chi connectivity index (χ2v) is 5.55. The van der Waals surface area contributed by atoms with Gasteiger partial charge in [-0.1, -0.05) is 0 Å². The van der Waals surface area contributed by atoms with Crippen LogP contribution in [-0.4, -0.2) is 30.2 Å². The summed E-state index contributed by atoms with van der Waals surface area (Å²) in [6.07, 6.45) is 3.09. The summed E-state index contributed by atoms with van der Waals surface area (Å²) in [6, 6.07) is 0. The van der Waals surface area contributed by atoms with Crippen molar-refractivity contribution in [2.45, 2.75) is 20.4 Å². The van der Waals surface area contributed by atoms with Crippen LogP contribution < -0.4 is 0 Å². The third kappa shape index (κ3) is 3.18. The molecule has 0 aliphatic rings. The third-order valence-electron chi connectivity index (χ3n) is 1.88. The van der Waals surface area contributed by atoms with E-state index in [1.165, 1.54) is 6.26 Å². The molecule has 0 unspecified atom stereocenters. The molecule has 4 nitrogen and oxygen atoms in total.